The third kappa shape index (κ3) is 3.66. The zero-order valence-corrected chi connectivity index (χ0v) is 13.1. The normalized spacial score (nSPS) is 10.7. The summed E-state index contributed by atoms with van der Waals surface area (Å²) in [6.07, 6.45) is 5.91. The minimum Gasteiger partial charge on any atom is -0.490 e. The first-order chi connectivity index (χ1) is 11.1. The number of aryl methyl sites for hydroxylation is 1. The van der Waals surface area contributed by atoms with Gasteiger partial charge in [0.25, 0.3) is 0 Å². The van der Waals surface area contributed by atoms with Crippen molar-refractivity contribution in [3.05, 3.63) is 48.2 Å². The molecule has 0 saturated heterocycles. The highest BCUT2D eigenvalue weighted by Gasteiger charge is 2.06. The van der Waals surface area contributed by atoms with E-state index in [9.17, 15) is 4.79 Å². The molecule has 0 spiro atoms. The van der Waals surface area contributed by atoms with E-state index in [0.717, 1.165) is 34.4 Å². The third-order valence-corrected chi connectivity index (χ3v) is 3.47. The van der Waals surface area contributed by atoms with Gasteiger partial charge in [-0.1, -0.05) is 6.07 Å². The second kappa shape index (κ2) is 6.48. The van der Waals surface area contributed by atoms with Crippen LogP contribution >= 0.6 is 0 Å². The molecule has 0 unspecified atom stereocenters. The van der Waals surface area contributed by atoms with Crippen molar-refractivity contribution in [1.29, 1.82) is 0 Å². The number of carbonyl (C=O) groups is 1. The van der Waals surface area contributed by atoms with Crippen LogP contribution in [0.4, 0.5) is 5.69 Å². The van der Waals surface area contributed by atoms with E-state index in [1.165, 1.54) is 6.92 Å². The van der Waals surface area contributed by atoms with Crippen molar-refractivity contribution in [2.75, 3.05) is 11.9 Å². The summed E-state index contributed by atoms with van der Waals surface area (Å²) in [5.41, 5.74) is 2.92. The van der Waals surface area contributed by atoms with E-state index >= 15 is 0 Å². The minimum absolute atomic E-state index is 0.0843. The first-order valence-corrected chi connectivity index (χ1v) is 7.41. The molecular weight excluding hydrogens is 292 g/mol. The number of aromatic amines is 1. The molecule has 0 atom stereocenters. The number of benzene rings is 1. The smallest absolute Gasteiger partial charge is 0.221 e. The van der Waals surface area contributed by atoms with E-state index in [2.05, 4.69) is 26.3 Å². The molecule has 0 radical (unpaired) electrons. The van der Waals surface area contributed by atoms with E-state index < -0.39 is 0 Å². The highest BCUT2D eigenvalue weighted by atomic mass is 16.5. The van der Waals surface area contributed by atoms with Gasteiger partial charge in [-0.25, -0.2) is 9.97 Å². The largest absolute Gasteiger partial charge is 0.490 e. The number of carbonyl (C=O) groups excluding carboxylic acids is 1. The monoisotopic (exact) mass is 310 g/mol. The van der Waals surface area contributed by atoms with Gasteiger partial charge in [0, 0.05) is 30.4 Å². The predicted octanol–water partition coefficient (Wildman–Crippen LogP) is 2.85. The van der Waals surface area contributed by atoms with Crippen LogP contribution in [0.2, 0.25) is 0 Å². The Hall–Kier alpha value is -2.89. The second-order valence-electron chi connectivity index (χ2n) is 5.33. The van der Waals surface area contributed by atoms with Gasteiger partial charge in [0.05, 0.1) is 24.7 Å². The standard InChI is InChI=1S/C17H18N4O2/c1-11-18-8-14(9-19-11)23-6-5-13-3-4-16-15(7-13)17(10-20-16)21-12(2)22/h3-4,7-10,20H,5-6H2,1-2H3,(H,21,22). The van der Waals surface area contributed by atoms with Crippen LogP contribution in [0.1, 0.15) is 18.3 Å². The van der Waals surface area contributed by atoms with Gasteiger partial charge in [0.15, 0.2) is 5.75 Å². The molecule has 1 aromatic carbocycles. The van der Waals surface area contributed by atoms with Crippen LogP contribution in [0.15, 0.2) is 36.8 Å². The fourth-order valence-electron chi connectivity index (χ4n) is 2.36. The third-order valence-electron chi connectivity index (χ3n) is 3.47. The highest BCUT2D eigenvalue weighted by molar-refractivity contribution is 6.01. The SMILES string of the molecule is CC(=O)Nc1c[nH]c2ccc(CCOc3cnc(C)nc3)cc12. The summed E-state index contributed by atoms with van der Waals surface area (Å²) < 4.78 is 5.65. The van der Waals surface area contributed by atoms with Crippen molar-refractivity contribution in [2.24, 2.45) is 0 Å². The molecule has 3 aromatic rings. The van der Waals surface area contributed by atoms with Crippen LogP contribution in [0.5, 0.6) is 5.75 Å². The summed E-state index contributed by atoms with van der Waals surface area (Å²) in [7, 11) is 0. The van der Waals surface area contributed by atoms with Crippen molar-refractivity contribution < 1.29 is 9.53 Å². The molecular formula is C17H18N4O2. The van der Waals surface area contributed by atoms with Crippen LogP contribution in [-0.4, -0.2) is 27.5 Å². The van der Waals surface area contributed by atoms with Crippen LogP contribution in [-0.2, 0) is 11.2 Å². The van der Waals surface area contributed by atoms with Gasteiger partial charge in [0.1, 0.15) is 5.82 Å². The quantitative estimate of drug-likeness (QED) is 0.759. The van der Waals surface area contributed by atoms with E-state index in [1.807, 2.05) is 19.1 Å². The number of hydrogen-bond donors (Lipinski definition) is 2. The van der Waals surface area contributed by atoms with Gasteiger partial charge in [-0.2, -0.15) is 0 Å². The molecule has 0 bridgehead atoms. The Morgan fingerprint density at radius 2 is 2.09 bits per heavy atom. The Bertz CT molecular complexity index is 824. The Labute approximate surface area is 133 Å². The number of ether oxygens (including phenoxy) is 1. The molecule has 0 aliphatic carbocycles. The second-order valence-corrected chi connectivity index (χ2v) is 5.33. The van der Waals surface area contributed by atoms with E-state index in [0.29, 0.717) is 12.4 Å². The lowest BCUT2D eigenvalue weighted by Gasteiger charge is -2.06. The van der Waals surface area contributed by atoms with Gasteiger partial charge in [-0.15, -0.1) is 0 Å². The number of anilines is 1. The van der Waals surface area contributed by atoms with Crippen LogP contribution in [0, 0.1) is 6.92 Å². The Morgan fingerprint density at radius 1 is 1.30 bits per heavy atom. The molecule has 118 valence electrons. The summed E-state index contributed by atoms with van der Waals surface area (Å²) in [6, 6.07) is 6.11. The fourth-order valence-corrected chi connectivity index (χ4v) is 2.36. The molecule has 0 aliphatic heterocycles. The predicted molar refractivity (Wildman–Crippen MR) is 88.6 cm³/mol. The Kier molecular flexibility index (Phi) is 4.23. The minimum atomic E-state index is -0.0843. The first kappa shape index (κ1) is 15.0. The maximum Gasteiger partial charge on any atom is 0.221 e. The van der Waals surface area contributed by atoms with Crippen molar-refractivity contribution in [2.45, 2.75) is 20.3 Å². The van der Waals surface area contributed by atoms with Crippen molar-refractivity contribution >= 4 is 22.5 Å². The van der Waals surface area contributed by atoms with Crippen LogP contribution < -0.4 is 10.1 Å². The molecule has 0 aliphatic rings. The summed E-state index contributed by atoms with van der Waals surface area (Å²) >= 11 is 0. The number of aromatic nitrogens is 3. The van der Waals surface area contributed by atoms with Gasteiger partial charge in [0.2, 0.25) is 5.91 Å². The molecule has 0 saturated carbocycles. The number of nitrogens with zero attached hydrogens (tertiary/aromatic N) is 2. The van der Waals surface area contributed by atoms with Crippen LogP contribution in [0.3, 0.4) is 0 Å². The summed E-state index contributed by atoms with van der Waals surface area (Å²) in [5, 5.41) is 3.82. The van der Waals surface area contributed by atoms with Crippen molar-refractivity contribution in [3.8, 4) is 5.75 Å². The number of hydrogen-bond acceptors (Lipinski definition) is 4. The molecule has 23 heavy (non-hydrogen) atoms. The van der Waals surface area contributed by atoms with E-state index in [-0.39, 0.29) is 5.91 Å². The van der Waals surface area contributed by atoms with Gasteiger partial charge < -0.3 is 15.0 Å². The molecule has 2 heterocycles. The van der Waals surface area contributed by atoms with Crippen molar-refractivity contribution in [1.82, 2.24) is 15.0 Å². The van der Waals surface area contributed by atoms with Gasteiger partial charge in [-0.05, 0) is 24.6 Å². The number of fused-ring (bicyclic) bond motifs is 1. The molecule has 3 rings (SSSR count). The average molecular weight is 310 g/mol. The fraction of sp³-hybridized carbons (Fsp3) is 0.235. The Balaban J connectivity index is 1.67. The zero-order chi connectivity index (χ0) is 16.2. The lowest BCUT2D eigenvalue weighted by molar-refractivity contribution is -0.114. The van der Waals surface area contributed by atoms with Gasteiger partial charge in [-0.3, -0.25) is 4.79 Å². The molecule has 2 N–H and O–H groups in total. The molecule has 2 aromatic heterocycles. The molecule has 6 heteroatoms. The molecule has 1 amide bonds. The number of amides is 1. The van der Waals surface area contributed by atoms with Crippen LogP contribution in [0.25, 0.3) is 10.9 Å². The lowest BCUT2D eigenvalue weighted by Crippen LogP contribution is -2.05. The maximum absolute atomic E-state index is 11.2. The average Bonchev–Trinajstić information content (AvgIpc) is 2.91. The first-order valence-electron chi connectivity index (χ1n) is 7.41. The number of rotatable bonds is 5. The highest BCUT2D eigenvalue weighted by Crippen LogP contribution is 2.24. The molecule has 6 nitrogen and oxygen atoms in total. The van der Waals surface area contributed by atoms with Gasteiger partial charge >= 0.3 is 0 Å². The Morgan fingerprint density at radius 3 is 2.83 bits per heavy atom. The van der Waals surface area contributed by atoms with E-state index in [4.69, 9.17) is 4.74 Å². The summed E-state index contributed by atoms with van der Waals surface area (Å²) in [4.78, 5) is 22.6. The maximum atomic E-state index is 11.2. The summed E-state index contributed by atoms with van der Waals surface area (Å²) in [6.45, 7) is 3.88. The number of H-pyrrole nitrogens is 1. The summed E-state index contributed by atoms with van der Waals surface area (Å²) in [5.74, 6) is 1.30. The van der Waals surface area contributed by atoms with Crippen molar-refractivity contribution in [3.63, 3.8) is 0 Å². The lowest BCUT2D eigenvalue weighted by atomic mass is 10.1. The van der Waals surface area contributed by atoms with E-state index in [1.54, 1.807) is 18.6 Å². The number of nitrogens with one attached hydrogen (secondary N) is 2. The molecule has 0 fully saturated rings. The zero-order valence-electron chi connectivity index (χ0n) is 13.1. The topological polar surface area (TPSA) is 79.9 Å².